The highest BCUT2D eigenvalue weighted by Crippen LogP contribution is 2.23. The number of para-hydroxylation sites is 1. The molecular weight excluding hydrogens is 488 g/mol. The molecule has 1 aliphatic rings. The summed E-state index contributed by atoms with van der Waals surface area (Å²) in [5.41, 5.74) is 0.176. The highest BCUT2D eigenvalue weighted by molar-refractivity contribution is 7.92. The second kappa shape index (κ2) is 12.3. The van der Waals surface area contributed by atoms with Gasteiger partial charge in [-0.05, 0) is 44.4 Å². The first-order chi connectivity index (χ1) is 17.1. The zero-order valence-electron chi connectivity index (χ0n) is 20.6. The lowest BCUT2D eigenvalue weighted by Crippen LogP contribution is -2.49. The van der Waals surface area contributed by atoms with Crippen LogP contribution in [0.25, 0.3) is 0 Å². The van der Waals surface area contributed by atoms with E-state index in [4.69, 9.17) is 0 Å². The Morgan fingerprint density at radius 2 is 1.64 bits per heavy atom. The summed E-state index contributed by atoms with van der Waals surface area (Å²) in [6, 6.07) is 10.8. The van der Waals surface area contributed by atoms with Crippen LogP contribution in [0.15, 0.2) is 48.5 Å². The Hall–Kier alpha value is -3.01. The lowest BCUT2D eigenvalue weighted by atomic mass is 10.1. The van der Waals surface area contributed by atoms with Gasteiger partial charge < -0.3 is 10.2 Å². The van der Waals surface area contributed by atoms with Gasteiger partial charge in [0.15, 0.2) is 0 Å². The number of hydrogen-bond donors (Lipinski definition) is 1. The Morgan fingerprint density at radius 3 is 2.25 bits per heavy atom. The fraction of sp³-hybridized carbons (Fsp3) is 0.462. The minimum absolute atomic E-state index is 0.0643. The highest BCUT2D eigenvalue weighted by atomic mass is 32.2. The zero-order chi connectivity index (χ0) is 26.3. The third-order valence-corrected chi connectivity index (χ3v) is 7.62. The maximum absolute atomic E-state index is 14.4. The molecule has 7 nitrogen and oxygen atoms in total. The van der Waals surface area contributed by atoms with Crippen molar-refractivity contribution in [2.45, 2.75) is 64.1 Å². The van der Waals surface area contributed by atoms with E-state index in [2.05, 4.69) is 5.32 Å². The van der Waals surface area contributed by atoms with Crippen molar-refractivity contribution in [2.75, 3.05) is 17.1 Å². The summed E-state index contributed by atoms with van der Waals surface area (Å²) in [7, 11) is -3.80. The molecule has 0 aromatic heterocycles. The SMILES string of the molecule is C[C@H](C(=O)NC1CCCC1)N(Cc1ccccc1F)C(=O)CCCN(c1ccccc1F)S(C)(=O)=O. The molecule has 2 aromatic rings. The minimum atomic E-state index is -3.80. The van der Waals surface area contributed by atoms with E-state index in [1.807, 2.05) is 0 Å². The second-order valence-corrected chi connectivity index (χ2v) is 11.1. The first-order valence-corrected chi connectivity index (χ1v) is 14.0. The molecular formula is C26H33F2N3O4S. The number of nitrogens with zero attached hydrogens (tertiary/aromatic N) is 2. The number of amides is 2. The van der Waals surface area contributed by atoms with Crippen molar-refractivity contribution in [3.05, 3.63) is 65.7 Å². The first kappa shape index (κ1) is 27.6. The van der Waals surface area contributed by atoms with E-state index in [1.165, 1.54) is 35.2 Å². The molecule has 0 radical (unpaired) electrons. The molecule has 1 saturated carbocycles. The molecule has 1 atom stereocenters. The molecule has 196 valence electrons. The maximum Gasteiger partial charge on any atom is 0.242 e. The number of hydrogen-bond acceptors (Lipinski definition) is 4. The van der Waals surface area contributed by atoms with Crippen LogP contribution in [0.3, 0.4) is 0 Å². The summed E-state index contributed by atoms with van der Waals surface area (Å²) < 4.78 is 54.2. The van der Waals surface area contributed by atoms with E-state index in [0.717, 1.165) is 36.2 Å². The van der Waals surface area contributed by atoms with Gasteiger partial charge in [0.25, 0.3) is 0 Å². The summed E-state index contributed by atoms with van der Waals surface area (Å²) in [6.07, 6.45) is 4.81. The van der Waals surface area contributed by atoms with Crippen molar-refractivity contribution < 1.29 is 26.8 Å². The number of carbonyl (C=O) groups excluding carboxylic acids is 2. The first-order valence-electron chi connectivity index (χ1n) is 12.1. The van der Waals surface area contributed by atoms with Crippen LogP contribution in [0, 0.1) is 11.6 Å². The topological polar surface area (TPSA) is 86.8 Å². The van der Waals surface area contributed by atoms with Crippen molar-refractivity contribution in [1.82, 2.24) is 10.2 Å². The van der Waals surface area contributed by atoms with Gasteiger partial charge in [-0.1, -0.05) is 43.2 Å². The number of rotatable bonds is 11. The summed E-state index contributed by atoms with van der Waals surface area (Å²) in [4.78, 5) is 27.5. The number of benzene rings is 2. The van der Waals surface area contributed by atoms with Crippen LogP contribution in [-0.4, -0.2) is 50.0 Å². The third-order valence-electron chi connectivity index (χ3n) is 6.44. The molecule has 0 saturated heterocycles. The van der Waals surface area contributed by atoms with Gasteiger partial charge in [-0.15, -0.1) is 0 Å². The highest BCUT2D eigenvalue weighted by Gasteiger charge is 2.29. The lowest BCUT2D eigenvalue weighted by molar-refractivity contribution is -0.141. The average molecular weight is 522 g/mol. The molecule has 3 rings (SSSR count). The molecule has 0 spiro atoms. The standard InChI is InChI=1S/C26H33F2N3O4S/c1-19(26(33)29-21-11-4-5-12-21)30(18-20-10-3-6-13-22(20)27)25(32)16-9-17-31(36(2,34)35)24-15-8-7-14-23(24)28/h3,6-8,10,13-15,19,21H,4-5,9,11-12,16-18H2,1-2H3,(H,29,33)/t19-/m1/s1. The molecule has 1 aliphatic carbocycles. The van der Waals surface area contributed by atoms with E-state index in [-0.39, 0.29) is 49.1 Å². The van der Waals surface area contributed by atoms with Crippen molar-refractivity contribution in [3.8, 4) is 0 Å². The van der Waals surface area contributed by atoms with Crippen molar-refractivity contribution in [2.24, 2.45) is 0 Å². The average Bonchev–Trinajstić information content (AvgIpc) is 3.33. The summed E-state index contributed by atoms with van der Waals surface area (Å²) >= 11 is 0. The van der Waals surface area contributed by atoms with Crippen LogP contribution in [0.5, 0.6) is 0 Å². The summed E-state index contributed by atoms with van der Waals surface area (Å²) in [5, 5.41) is 2.98. The van der Waals surface area contributed by atoms with E-state index in [1.54, 1.807) is 25.1 Å². The Labute approximate surface area is 211 Å². The molecule has 2 amide bonds. The van der Waals surface area contributed by atoms with Crippen LogP contribution in [0.2, 0.25) is 0 Å². The van der Waals surface area contributed by atoms with E-state index >= 15 is 0 Å². The lowest BCUT2D eigenvalue weighted by Gasteiger charge is -2.30. The fourth-order valence-corrected chi connectivity index (χ4v) is 5.39. The van der Waals surface area contributed by atoms with Crippen LogP contribution in [0.4, 0.5) is 14.5 Å². The Kier molecular flexibility index (Phi) is 9.42. The van der Waals surface area contributed by atoms with Crippen LogP contribution in [0.1, 0.15) is 51.0 Å². The van der Waals surface area contributed by atoms with E-state index in [9.17, 15) is 26.8 Å². The Balaban J connectivity index is 1.73. The quantitative estimate of drug-likeness (QED) is 0.485. The number of carbonyl (C=O) groups is 2. The zero-order valence-corrected chi connectivity index (χ0v) is 21.4. The van der Waals surface area contributed by atoms with Crippen molar-refractivity contribution >= 4 is 27.5 Å². The molecule has 1 N–H and O–H groups in total. The van der Waals surface area contributed by atoms with Crippen molar-refractivity contribution in [1.29, 1.82) is 0 Å². The monoisotopic (exact) mass is 521 g/mol. The number of nitrogens with one attached hydrogen (secondary N) is 1. The molecule has 10 heteroatoms. The Morgan fingerprint density at radius 1 is 1.03 bits per heavy atom. The van der Waals surface area contributed by atoms with Gasteiger partial charge in [-0.2, -0.15) is 0 Å². The van der Waals surface area contributed by atoms with Gasteiger partial charge in [0.05, 0.1) is 11.9 Å². The van der Waals surface area contributed by atoms with Gasteiger partial charge in [0.1, 0.15) is 17.7 Å². The summed E-state index contributed by atoms with van der Waals surface area (Å²) in [5.74, 6) is -1.90. The normalized spacial score (nSPS) is 14.9. The fourth-order valence-electron chi connectivity index (χ4n) is 4.42. The molecule has 0 unspecified atom stereocenters. The third kappa shape index (κ3) is 7.25. The maximum atomic E-state index is 14.4. The molecule has 1 fully saturated rings. The number of sulfonamides is 1. The smallest absolute Gasteiger partial charge is 0.242 e. The van der Waals surface area contributed by atoms with E-state index < -0.39 is 33.6 Å². The predicted octanol–water partition coefficient (Wildman–Crippen LogP) is 3.99. The Bertz CT molecular complexity index is 1170. The van der Waals surface area contributed by atoms with Crippen LogP contribution in [-0.2, 0) is 26.2 Å². The second-order valence-electron chi connectivity index (χ2n) is 9.17. The van der Waals surface area contributed by atoms with Gasteiger partial charge in [-0.25, -0.2) is 17.2 Å². The summed E-state index contributed by atoms with van der Waals surface area (Å²) in [6.45, 7) is 1.38. The number of halogens is 2. The molecule has 2 aromatic carbocycles. The van der Waals surface area contributed by atoms with Gasteiger partial charge in [-0.3, -0.25) is 13.9 Å². The minimum Gasteiger partial charge on any atom is -0.352 e. The van der Waals surface area contributed by atoms with Gasteiger partial charge in [0, 0.05) is 31.1 Å². The molecule has 0 heterocycles. The van der Waals surface area contributed by atoms with Crippen LogP contribution >= 0.6 is 0 Å². The van der Waals surface area contributed by atoms with E-state index in [0.29, 0.717) is 0 Å². The number of anilines is 1. The van der Waals surface area contributed by atoms with Crippen LogP contribution < -0.4 is 9.62 Å². The van der Waals surface area contributed by atoms with Crippen molar-refractivity contribution in [3.63, 3.8) is 0 Å². The molecule has 36 heavy (non-hydrogen) atoms. The van der Waals surface area contributed by atoms with Gasteiger partial charge in [0.2, 0.25) is 21.8 Å². The largest absolute Gasteiger partial charge is 0.352 e. The molecule has 0 bridgehead atoms. The predicted molar refractivity (Wildman–Crippen MR) is 135 cm³/mol. The molecule has 0 aliphatic heterocycles. The van der Waals surface area contributed by atoms with Gasteiger partial charge >= 0.3 is 0 Å².